The molecule has 1 aliphatic rings. The van der Waals surface area contributed by atoms with Crippen LogP contribution in [0.15, 0.2) is 53.8 Å². The molecule has 0 fully saturated rings. The van der Waals surface area contributed by atoms with Crippen molar-refractivity contribution in [2.45, 2.75) is 6.92 Å². The van der Waals surface area contributed by atoms with Gasteiger partial charge in [-0.15, -0.1) is 6.58 Å². The molecule has 1 aliphatic heterocycles. The first kappa shape index (κ1) is 16.5. The lowest BCUT2D eigenvalue weighted by Crippen LogP contribution is -2.24. The minimum absolute atomic E-state index is 0.237. The summed E-state index contributed by atoms with van der Waals surface area (Å²) in [5.74, 6) is -0.0427. The van der Waals surface area contributed by atoms with Crippen LogP contribution < -0.4 is 4.74 Å². The zero-order valence-corrected chi connectivity index (χ0v) is 13.5. The van der Waals surface area contributed by atoms with E-state index in [9.17, 15) is 9.59 Å². The van der Waals surface area contributed by atoms with Gasteiger partial charge in [-0.2, -0.15) is 0 Å². The van der Waals surface area contributed by atoms with E-state index in [1.165, 1.54) is 12.0 Å². The van der Waals surface area contributed by atoms with E-state index in [-0.39, 0.29) is 11.5 Å². The van der Waals surface area contributed by atoms with Gasteiger partial charge < -0.3 is 14.4 Å². The summed E-state index contributed by atoms with van der Waals surface area (Å²) in [7, 11) is 2.89. The first-order valence-electron chi connectivity index (χ1n) is 7.11. The Kier molecular flexibility index (Phi) is 5.01. The van der Waals surface area contributed by atoms with Gasteiger partial charge in [0.25, 0.3) is 5.91 Å². The Morgan fingerprint density at radius 3 is 2.43 bits per heavy atom. The minimum atomic E-state index is -0.526. The van der Waals surface area contributed by atoms with Gasteiger partial charge in [-0.1, -0.05) is 18.2 Å². The van der Waals surface area contributed by atoms with E-state index in [4.69, 9.17) is 9.47 Å². The highest BCUT2D eigenvalue weighted by Gasteiger charge is 2.36. The van der Waals surface area contributed by atoms with Crippen LogP contribution in [-0.2, 0) is 14.3 Å². The second-order valence-corrected chi connectivity index (χ2v) is 4.99. The molecule has 0 spiro atoms. The van der Waals surface area contributed by atoms with Crippen molar-refractivity contribution in [3.8, 4) is 5.75 Å². The average molecular weight is 313 g/mol. The van der Waals surface area contributed by atoms with Crippen molar-refractivity contribution in [2.75, 3.05) is 20.8 Å². The molecule has 1 aromatic rings. The van der Waals surface area contributed by atoms with E-state index < -0.39 is 5.97 Å². The van der Waals surface area contributed by atoms with Gasteiger partial charge in [-0.25, -0.2) is 4.79 Å². The fourth-order valence-corrected chi connectivity index (χ4v) is 2.44. The number of carbonyl (C=O) groups excluding carboxylic acids is 2. The third-order valence-corrected chi connectivity index (χ3v) is 3.64. The van der Waals surface area contributed by atoms with Gasteiger partial charge in [0.1, 0.15) is 5.75 Å². The average Bonchev–Trinajstić information content (AvgIpc) is 2.80. The number of amides is 1. The molecule has 5 nitrogen and oxygen atoms in total. The monoisotopic (exact) mass is 313 g/mol. The minimum Gasteiger partial charge on any atom is -0.497 e. The number of hydrogen-bond donors (Lipinski definition) is 0. The van der Waals surface area contributed by atoms with Gasteiger partial charge in [0.15, 0.2) is 0 Å². The second-order valence-electron chi connectivity index (χ2n) is 4.99. The van der Waals surface area contributed by atoms with Gasteiger partial charge in [-0.05, 0) is 30.7 Å². The van der Waals surface area contributed by atoms with Crippen LogP contribution in [0.2, 0.25) is 0 Å². The molecule has 0 aromatic heterocycles. The Hall–Kier alpha value is -2.82. The van der Waals surface area contributed by atoms with E-state index >= 15 is 0 Å². The SMILES string of the molecule is C=CCN1C(=O)C(=Cc2ccc(OC)cc2)C(C(=O)OC)=C1C. The molecule has 23 heavy (non-hydrogen) atoms. The largest absolute Gasteiger partial charge is 0.497 e. The van der Waals surface area contributed by atoms with Gasteiger partial charge in [0.2, 0.25) is 0 Å². The molecule has 1 heterocycles. The van der Waals surface area contributed by atoms with Crippen molar-refractivity contribution in [3.63, 3.8) is 0 Å². The van der Waals surface area contributed by atoms with Crippen LogP contribution in [-0.4, -0.2) is 37.5 Å². The first-order chi connectivity index (χ1) is 11.0. The number of esters is 1. The predicted octanol–water partition coefficient (Wildman–Crippen LogP) is 2.55. The number of allylic oxidation sites excluding steroid dienone is 1. The third kappa shape index (κ3) is 3.18. The number of ether oxygens (including phenoxy) is 2. The molecule has 0 atom stereocenters. The lowest BCUT2D eigenvalue weighted by atomic mass is 10.0. The van der Waals surface area contributed by atoms with Crippen LogP contribution in [0.25, 0.3) is 6.08 Å². The fourth-order valence-electron chi connectivity index (χ4n) is 2.44. The van der Waals surface area contributed by atoms with E-state index in [0.717, 1.165) is 11.3 Å². The summed E-state index contributed by atoms with van der Waals surface area (Å²) in [5.41, 5.74) is 1.97. The molecule has 0 bridgehead atoms. The maximum Gasteiger partial charge on any atom is 0.340 e. The summed E-state index contributed by atoms with van der Waals surface area (Å²) in [6, 6.07) is 7.22. The molecule has 0 unspecified atom stereocenters. The Balaban J connectivity index is 2.48. The fraction of sp³-hybridized carbons (Fsp3) is 0.222. The number of methoxy groups -OCH3 is 2. The number of nitrogens with zero attached hydrogens (tertiary/aromatic N) is 1. The maximum absolute atomic E-state index is 12.6. The molecular formula is C18H19NO4. The van der Waals surface area contributed by atoms with E-state index in [1.54, 1.807) is 38.3 Å². The normalized spacial score (nSPS) is 16.0. The van der Waals surface area contributed by atoms with Crippen molar-refractivity contribution in [1.29, 1.82) is 0 Å². The summed E-state index contributed by atoms with van der Waals surface area (Å²) in [5, 5.41) is 0. The molecule has 5 heteroatoms. The van der Waals surface area contributed by atoms with Crippen molar-refractivity contribution < 1.29 is 19.1 Å². The highest BCUT2D eigenvalue weighted by atomic mass is 16.5. The topological polar surface area (TPSA) is 55.8 Å². The Labute approximate surface area is 135 Å². The highest BCUT2D eigenvalue weighted by molar-refractivity contribution is 6.16. The summed E-state index contributed by atoms with van der Waals surface area (Å²) in [6.07, 6.45) is 3.30. The molecule has 1 amide bonds. The first-order valence-corrected chi connectivity index (χ1v) is 7.11. The van der Waals surface area contributed by atoms with Crippen LogP contribution >= 0.6 is 0 Å². The highest BCUT2D eigenvalue weighted by Crippen LogP contribution is 2.31. The lowest BCUT2D eigenvalue weighted by molar-refractivity contribution is -0.136. The van der Waals surface area contributed by atoms with Gasteiger partial charge in [0, 0.05) is 12.2 Å². The number of carbonyl (C=O) groups is 2. The summed E-state index contributed by atoms with van der Waals surface area (Å²) in [4.78, 5) is 26.2. The van der Waals surface area contributed by atoms with Crippen LogP contribution in [0.3, 0.4) is 0 Å². The molecule has 0 saturated carbocycles. The zero-order chi connectivity index (χ0) is 17.0. The quantitative estimate of drug-likeness (QED) is 0.476. The van der Waals surface area contributed by atoms with E-state index in [0.29, 0.717) is 17.8 Å². The Morgan fingerprint density at radius 1 is 1.26 bits per heavy atom. The number of hydrogen-bond acceptors (Lipinski definition) is 4. The summed E-state index contributed by atoms with van der Waals surface area (Å²) < 4.78 is 9.93. The van der Waals surface area contributed by atoms with Gasteiger partial charge in [-0.3, -0.25) is 4.79 Å². The van der Waals surface area contributed by atoms with Crippen LogP contribution in [0, 0.1) is 0 Å². The van der Waals surface area contributed by atoms with Crippen molar-refractivity contribution in [2.24, 2.45) is 0 Å². The summed E-state index contributed by atoms with van der Waals surface area (Å²) in [6.45, 7) is 5.71. The molecule has 0 aliphatic carbocycles. The van der Waals surface area contributed by atoms with Crippen LogP contribution in [0.1, 0.15) is 12.5 Å². The molecule has 1 aromatic carbocycles. The lowest BCUT2D eigenvalue weighted by Gasteiger charge is -2.14. The van der Waals surface area contributed by atoms with Crippen molar-refractivity contribution in [1.82, 2.24) is 4.90 Å². The third-order valence-electron chi connectivity index (χ3n) is 3.64. The predicted molar refractivity (Wildman–Crippen MR) is 87.6 cm³/mol. The number of rotatable bonds is 5. The molecular weight excluding hydrogens is 294 g/mol. The molecule has 2 rings (SSSR count). The van der Waals surface area contributed by atoms with Crippen molar-refractivity contribution >= 4 is 18.0 Å². The van der Waals surface area contributed by atoms with Gasteiger partial charge in [0.05, 0.1) is 25.4 Å². The summed E-state index contributed by atoms with van der Waals surface area (Å²) >= 11 is 0. The standard InChI is InChI=1S/C18H19NO4/c1-5-10-19-12(2)16(18(21)23-4)15(17(19)20)11-13-6-8-14(22-3)9-7-13/h5-9,11H,1,10H2,2-4H3. The van der Waals surface area contributed by atoms with Crippen LogP contribution in [0.4, 0.5) is 0 Å². The van der Waals surface area contributed by atoms with Crippen molar-refractivity contribution in [3.05, 3.63) is 59.3 Å². The van der Waals surface area contributed by atoms with E-state index in [2.05, 4.69) is 6.58 Å². The molecule has 0 saturated heterocycles. The van der Waals surface area contributed by atoms with Crippen LogP contribution in [0.5, 0.6) is 5.75 Å². The smallest absolute Gasteiger partial charge is 0.340 e. The Morgan fingerprint density at radius 2 is 1.91 bits per heavy atom. The number of benzene rings is 1. The molecule has 0 N–H and O–H groups in total. The maximum atomic E-state index is 12.6. The molecule has 120 valence electrons. The van der Waals surface area contributed by atoms with Gasteiger partial charge >= 0.3 is 5.97 Å². The molecule has 0 radical (unpaired) electrons. The Bertz CT molecular complexity index is 698. The van der Waals surface area contributed by atoms with E-state index in [1.807, 2.05) is 12.1 Å². The zero-order valence-electron chi connectivity index (χ0n) is 13.5. The second kappa shape index (κ2) is 6.96.